The van der Waals surface area contributed by atoms with Gasteiger partial charge in [0.15, 0.2) is 0 Å². The van der Waals surface area contributed by atoms with E-state index in [0.29, 0.717) is 0 Å². The molecule has 90 valence electrons. The summed E-state index contributed by atoms with van der Waals surface area (Å²) >= 11 is 0. The fourth-order valence-electron chi connectivity index (χ4n) is 0.260. The molecule has 0 saturated carbocycles. The van der Waals surface area contributed by atoms with Crippen LogP contribution in [-0.2, 0) is 22.3 Å². The second-order valence-electron chi connectivity index (χ2n) is 1.50. The van der Waals surface area contributed by atoms with E-state index in [1.54, 1.807) is 0 Å². The summed E-state index contributed by atoms with van der Waals surface area (Å²) in [5.74, 6) is 0. The first-order chi connectivity index (χ1) is 5.41. The third kappa shape index (κ3) is 29.1. The van der Waals surface area contributed by atoms with E-state index in [2.05, 4.69) is 8.62 Å². The number of hydrogen-bond acceptors (Lipinski definition) is 10. The monoisotopic (exact) mass is 1280 g/mol. The Labute approximate surface area is 203 Å². The van der Waals surface area contributed by atoms with Crippen LogP contribution in [0.2, 0.25) is 0 Å². The van der Waals surface area contributed by atoms with Crippen LogP contribution in [0, 0.1) is 0 Å². The zero-order chi connectivity index (χ0) is 10.9. The van der Waals surface area contributed by atoms with Crippen LogP contribution in [0.1, 0.15) is 0 Å². The molecule has 0 aromatic rings. The maximum atomic E-state index is 10.1. The van der Waals surface area contributed by atoms with E-state index in [-0.39, 0.29) is 136 Å². The summed E-state index contributed by atoms with van der Waals surface area (Å²) in [6.07, 6.45) is 0. The molecule has 0 amide bonds. The van der Waals surface area contributed by atoms with Crippen molar-refractivity contribution in [3.8, 4) is 0 Å². The van der Waals surface area contributed by atoms with Crippen LogP contribution in [0.5, 0.6) is 0 Å². The van der Waals surface area contributed by atoms with Crippen molar-refractivity contribution in [3.63, 3.8) is 0 Å². The second kappa shape index (κ2) is 15.5. The number of hydrogen-bond donors (Lipinski definition) is 0. The van der Waals surface area contributed by atoms with Gasteiger partial charge >= 0.3 is 136 Å². The maximum absolute atomic E-state index is 10.1. The van der Waals surface area contributed by atoms with E-state index in [4.69, 9.17) is 0 Å². The first-order valence-corrected chi connectivity index (χ1v) is 6.57. The van der Waals surface area contributed by atoms with Gasteiger partial charge in [-0.1, -0.05) is 0 Å². The summed E-state index contributed by atoms with van der Waals surface area (Å²) in [6.45, 7) is 0. The first kappa shape index (κ1) is 38.5. The zero-order valence-corrected chi connectivity index (χ0v) is 33.4. The predicted molar refractivity (Wildman–Crippen MR) is 53.8 cm³/mol. The normalized spacial score (nSPS) is 10.5. The van der Waals surface area contributed by atoms with Gasteiger partial charge in [0.25, 0.3) is 7.82 Å². The molecule has 0 atom stereocenters. The van der Waals surface area contributed by atoms with Gasteiger partial charge < -0.3 is 33.6 Å². The summed E-state index contributed by atoms with van der Waals surface area (Å²) in [4.78, 5) is 48.6. The maximum Gasteiger partial charge on any atom is 1.00 e. The zero-order valence-electron chi connectivity index (χ0n) is 8.31. The molecule has 0 heterocycles. The Morgan fingerprint density at radius 3 is 0.833 bits per heavy atom. The largest absolute Gasteiger partial charge is 1.00 e. The molecule has 18 heteroatoms. The SMILES string of the molecule is O=P([O-])([O-])OP(=O)([O-])OP(=O)([O-])[O-].[Tl+].[Tl+].[Tl+].[Tl+].[Tl+]. The van der Waals surface area contributed by atoms with Gasteiger partial charge in [0.05, 0.1) is 15.6 Å². The Hall–Kier alpha value is 5.02. The van der Waals surface area contributed by atoms with E-state index in [0.717, 1.165) is 0 Å². The van der Waals surface area contributed by atoms with E-state index < -0.39 is 23.5 Å². The van der Waals surface area contributed by atoms with Gasteiger partial charge in [-0.3, -0.25) is 13.2 Å². The Morgan fingerprint density at radius 2 is 0.722 bits per heavy atom. The van der Waals surface area contributed by atoms with Crippen LogP contribution < -0.4 is 24.5 Å². The van der Waals surface area contributed by atoms with Gasteiger partial charge in [0.1, 0.15) is 0 Å². The van der Waals surface area contributed by atoms with Crippen molar-refractivity contribution < 1.29 is 46.8 Å². The van der Waals surface area contributed by atoms with Crippen molar-refractivity contribution in [2.45, 2.75) is 0 Å². The van der Waals surface area contributed by atoms with Crippen LogP contribution in [0.4, 0.5) is 0 Å². The van der Waals surface area contributed by atoms with Gasteiger partial charge in [-0.05, 0) is 0 Å². The van der Waals surface area contributed by atoms with Crippen molar-refractivity contribution >= 4 is 160 Å². The molecule has 10 nitrogen and oxygen atoms in total. The summed E-state index contributed by atoms with van der Waals surface area (Å²) in [5.41, 5.74) is 0. The summed E-state index contributed by atoms with van der Waals surface area (Å²) in [6, 6.07) is 0. The van der Waals surface area contributed by atoms with Gasteiger partial charge in [0, 0.05) is 0 Å². The predicted octanol–water partition coefficient (Wildman–Crippen LogP) is -5.76. The van der Waals surface area contributed by atoms with Crippen molar-refractivity contribution in [2.75, 3.05) is 0 Å². The van der Waals surface area contributed by atoms with E-state index in [1.165, 1.54) is 0 Å². The molecule has 0 aliphatic rings. The third-order valence-corrected chi connectivity index (χ3v) is 3.60. The standard InChI is InChI=1S/H5O10P3.5Tl/c1-11(2,3)9-13(7,8)10-12(4,5)6;;;;;/h(H,7,8)(H2,1,2,3)(H2,4,5,6);;;;;/q;5*+1/p-5. The Balaban J connectivity index is -0.0000000720. The smallest absolute Gasteiger partial charge is 0.790 e. The van der Waals surface area contributed by atoms with Gasteiger partial charge in [-0.15, -0.1) is 0 Å². The van der Waals surface area contributed by atoms with Crippen molar-refractivity contribution in [3.05, 3.63) is 0 Å². The van der Waals surface area contributed by atoms with Gasteiger partial charge in [0.2, 0.25) is 0 Å². The van der Waals surface area contributed by atoms with Crippen LogP contribution in [0.15, 0.2) is 0 Å². The Morgan fingerprint density at radius 1 is 0.556 bits per heavy atom. The number of rotatable bonds is 4. The Bertz CT molecular complexity index is 287. The molecule has 18 heavy (non-hydrogen) atoms. The molecular weight excluding hydrogens is 1270 g/mol. The quantitative estimate of drug-likeness (QED) is 0.194. The van der Waals surface area contributed by atoms with Crippen molar-refractivity contribution in [1.82, 2.24) is 0 Å². The molecule has 0 N–H and O–H groups in total. The minimum absolute atomic E-state index is 0. The van der Waals surface area contributed by atoms with E-state index >= 15 is 0 Å². The minimum atomic E-state index is -5.97. The molecule has 0 aromatic carbocycles. The molecule has 0 fully saturated rings. The molecule has 0 radical (unpaired) electrons. The number of phosphoric acid groups is 3. The average Bonchev–Trinajstić information content (AvgIpc) is 1.43. The summed E-state index contributed by atoms with van der Waals surface area (Å²) < 4.78 is 34.7. The molecule has 0 rings (SSSR count). The molecule has 0 aliphatic heterocycles. The van der Waals surface area contributed by atoms with Crippen molar-refractivity contribution in [2.24, 2.45) is 0 Å². The van der Waals surface area contributed by atoms with Crippen LogP contribution in [-0.4, -0.2) is 136 Å². The summed E-state index contributed by atoms with van der Waals surface area (Å²) in [5, 5.41) is 0. The molecule has 0 saturated heterocycles. The van der Waals surface area contributed by atoms with Crippen LogP contribution in [0.3, 0.4) is 0 Å². The minimum Gasteiger partial charge on any atom is -0.790 e. The third-order valence-electron chi connectivity index (χ3n) is 0.400. The fourth-order valence-corrected chi connectivity index (χ4v) is 2.61. The van der Waals surface area contributed by atoms with Crippen LogP contribution in [0.25, 0.3) is 0 Å². The molecule has 0 unspecified atom stereocenters. The first-order valence-electron chi connectivity index (χ1n) is 2.19. The molecule has 0 aromatic heterocycles. The van der Waals surface area contributed by atoms with E-state index in [1.807, 2.05) is 0 Å². The second-order valence-corrected chi connectivity index (χ2v) is 5.49. The fraction of sp³-hybridized carbons (Fsp3) is 0. The molecule has 0 bridgehead atoms. The Kier molecular flexibility index (Phi) is 33.3. The molecule has 0 aliphatic carbocycles. The average molecular weight is 1270 g/mol. The van der Waals surface area contributed by atoms with Crippen molar-refractivity contribution in [1.29, 1.82) is 0 Å². The van der Waals surface area contributed by atoms with E-state index in [9.17, 15) is 38.2 Å². The molecule has 0 spiro atoms. The van der Waals surface area contributed by atoms with Gasteiger partial charge in [-0.2, -0.15) is 0 Å². The molecular formula is O10P3Tl5. The summed E-state index contributed by atoms with van der Waals surface area (Å²) in [7, 11) is -17.9. The van der Waals surface area contributed by atoms with Crippen LogP contribution >= 0.6 is 23.5 Å². The van der Waals surface area contributed by atoms with Gasteiger partial charge in [-0.25, -0.2) is 0 Å². The topological polar surface area (TPSA) is 185 Å².